The Balaban J connectivity index is 2.43. The zero-order valence-corrected chi connectivity index (χ0v) is 17.4. The van der Waals surface area contributed by atoms with Gasteiger partial charge in [0.1, 0.15) is 40.9 Å². The SMILES string of the molecule is C=C(/C=C\C=C/C)CSc1nc(N)c(C#N)c(-c2ccc(OCCO)cc2)c1C#N. The van der Waals surface area contributed by atoms with E-state index >= 15 is 0 Å². The van der Waals surface area contributed by atoms with Gasteiger partial charge in [-0.1, -0.05) is 43.0 Å². The number of nitrogens with zero attached hydrogens (tertiary/aromatic N) is 3. The number of anilines is 1. The molecule has 1 heterocycles. The molecule has 7 heteroatoms. The first-order valence-electron chi connectivity index (χ1n) is 9.13. The van der Waals surface area contributed by atoms with Crippen LogP contribution in [0.1, 0.15) is 18.1 Å². The van der Waals surface area contributed by atoms with Crippen molar-refractivity contribution in [2.75, 3.05) is 24.7 Å². The van der Waals surface area contributed by atoms with Crippen LogP contribution in [0.25, 0.3) is 11.1 Å². The van der Waals surface area contributed by atoms with Crippen LogP contribution in [0.3, 0.4) is 0 Å². The van der Waals surface area contributed by atoms with E-state index in [0.717, 1.165) is 5.57 Å². The third-order valence-corrected chi connectivity index (χ3v) is 5.03. The van der Waals surface area contributed by atoms with E-state index in [1.54, 1.807) is 24.3 Å². The van der Waals surface area contributed by atoms with Crippen LogP contribution in [0.2, 0.25) is 0 Å². The average Bonchev–Trinajstić information content (AvgIpc) is 2.76. The Bertz CT molecular complexity index is 1040. The average molecular weight is 419 g/mol. The molecule has 2 rings (SSSR count). The van der Waals surface area contributed by atoms with E-state index in [1.807, 2.05) is 31.2 Å². The van der Waals surface area contributed by atoms with E-state index in [2.05, 4.69) is 23.7 Å². The first-order valence-corrected chi connectivity index (χ1v) is 10.1. The Kier molecular flexibility index (Phi) is 8.71. The second-order valence-corrected chi connectivity index (χ2v) is 7.04. The van der Waals surface area contributed by atoms with Crippen molar-refractivity contribution in [3.63, 3.8) is 0 Å². The van der Waals surface area contributed by atoms with Crippen molar-refractivity contribution in [1.82, 2.24) is 4.98 Å². The van der Waals surface area contributed by atoms with Crippen molar-refractivity contribution in [3.05, 3.63) is 71.8 Å². The monoisotopic (exact) mass is 418 g/mol. The summed E-state index contributed by atoms with van der Waals surface area (Å²) in [7, 11) is 0. The highest BCUT2D eigenvalue weighted by Crippen LogP contribution is 2.36. The minimum absolute atomic E-state index is 0.0738. The molecule has 2 aromatic rings. The molecule has 30 heavy (non-hydrogen) atoms. The number of aliphatic hydroxyl groups is 1. The highest BCUT2D eigenvalue weighted by atomic mass is 32.2. The summed E-state index contributed by atoms with van der Waals surface area (Å²) >= 11 is 1.34. The molecule has 0 spiro atoms. The van der Waals surface area contributed by atoms with Crippen LogP contribution < -0.4 is 10.5 Å². The molecule has 0 fully saturated rings. The lowest BCUT2D eigenvalue weighted by Crippen LogP contribution is -2.04. The molecule has 3 N–H and O–H groups in total. The Morgan fingerprint density at radius 2 is 1.93 bits per heavy atom. The van der Waals surface area contributed by atoms with Crippen molar-refractivity contribution in [1.29, 1.82) is 10.5 Å². The van der Waals surface area contributed by atoms with Crippen molar-refractivity contribution in [2.45, 2.75) is 11.9 Å². The number of benzene rings is 1. The van der Waals surface area contributed by atoms with Crippen LogP contribution in [0.15, 0.2) is 65.7 Å². The maximum Gasteiger partial charge on any atom is 0.143 e. The molecule has 0 saturated carbocycles. The molecule has 0 atom stereocenters. The van der Waals surface area contributed by atoms with Crippen LogP contribution in [0, 0.1) is 22.7 Å². The molecular weight excluding hydrogens is 396 g/mol. The number of rotatable bonds is 9. The summed E-state index contributed by atoms with van der Waals surface area (Å²) in [5, 5.41) is 28.8. The second-order valence-electron chi connectivity index (χ2n) is 6.08. The van der Waals surface area contributed by atoms with E-state index in [0.29, 0.717) is 33.2 Å². The summed E-state index contributed by atoms with van der Waals surface area (Å²) < 4.78 is 5.37. The van der Waals surface area contributed by atoms with E-state index < -0.39 is 0 Å². The normalized spacial score (nSPS) is 10.8. The summed E-state index contributed by atoms with van der Waals surface area (Å²) in [4.78, 5) is 4.29. The lowest BCUT2D eigenvalue weighted by Gasteiger charge is -2.13. The highest BCUT2D eigenvalue weighted by molar-refractivity contribution is 7.99. The van der Waals surface area contributed by atoms with Crippen LogP contribution >= 0.6 is 11.8 Å². The van der Waals surface area contributed by atoms with E-state index in [1.165, 1.54) is 11.8 Å². The molecule has 1 aromatic carbocycles. The number of allylic oxidation sites excluding steroid dienone is 4. The second kappa shape index (κ2) is 11.5. The molecule has 0 aliphatic heterocycles. The van der Waals surface area contributed by atoms with Gasteiger partial charge in [0.2, 0.25) is 0 Å². The molecule has 0 saturated heterocycles. The summed E-state index contributed by atoms with van der Waals surface area (Å²) in [6, 6.07) is 11.2. The number of nitrogen functional groups attached to an aromatic ring is 1. The number of nitrogens with two attached hydrogens (primary N) is 1. The van der Waals surface area contributed by atoms with Crippen molar-refractivity contribution in [3.8, 4) is 29.0 Å². The molecule has 0 unspecified atom stereocenters. The molecule has 0 aliphatic rings. The Morgan fingerprint density at radius 1 is 1.23 bits per heavy atom. The van der Waals surface area contributed by atoms with Gasteiger partial charge in [-0.15, -0.1) is 11.8 Å². The zero-order chi connectivity index (χ0) is 21.9. The fraction of sp³-hybridized carbons (Fsp3) is 0.174. The maximum absolute atomic E-state index is 9.83. The van der Waals surface area contributed by atoms with Crippen LogP contribution in [-0.4, -0.2) is 29.1 Å². The number of aliphatic hydroxyl groups excluding tert-OH is 1. The van der Waals surface area contributed by atoms with E-state index in [9.17, 15) is 10.5 Å². The van der Waals surface area contributed by atoms with Gasteiger partial charge in [-0.2, -0.15) is 10.5 Å². The standard InChI is InChI=1S/C23H22N4O2S/c1-3-4-5-6-16(2)15-30-23-20(14-25)21(19(13-24)22(26)27-23)17-7-9-18(10-8-17)29-12-11-28/h3-10,28H,2,11-12,15H2,1H3,(H2,26,27)/b4-3-,6-5-. The predicted molar refractivity (Wildman–Crippen MR) is 120 cm³/mol. The van der Waals surface area contributed by atoms with Crippen LogP contribution in [0.5, 0.6) is 5.75 Å². The quantitative estimate of drug-likeness (QED) is 0.462. The Labute approximate surface area is 180 Å². The van der Waals surface area contributed by atoms with Gasteiger partial charge in [0.15, 0.2) is 0 Å². The van der Waals surface area contributed by atoms with Gasteiger partial charge in [-0.25, -0.2) is 4.98 Å². The maximum atomic E-state index is 9.83. The van der Waals surface area contributed by atoms with Crippen molar-refractivity contribution >= 4 is 17.6 Å². The van der Waals surface area contributed by atoms with Gasteiger partial charge in [0.05, 0.1) is 12.2 Å². The molecule has 0 bridgehead atoms. The third kappa shape index (κ3) is 5.74. The number of pyridine rings is 1. The summed E-state index contributed by atoms with van der Waals surface area (Å²) in [5.74, 6) is 1.17. The number of aromatic nitrogens is 1. The molecule has 1 aromatic heterocycles. The summed E-state index contributed by atoms with van der Waals surface area (Å²) in [6.45, 7) is 6.02. The molecule has 0 aliphatic carbocycles. The molecule has 6 nitrogen and oxygen atoms in total. The molecular formula is C23H22N4O2S. The lowest BCUT2D eigenvalue weighted by molar-refractivity contribution is 0.201. The van der Waals surface area contributed by atoms with Crippen LogP contribution in [0.4, 0.5) is 5.82 Å². The van der Waals surface area contributed by atoms with Gasteiger partial charge >= 0.3 is 0 Å². The number of hydrogen-bond acceptors (Lipinski definition) is 7. The number of thioether (sulfide) groups is 1. The molecule has 0 radical (unpaired) electrons. The van der Waals surface area contributed by atoms with Gasteiger partial charge in [-0.3, -0.25) is 0 Å². The number of hydrogen-bond donors (Lipinski definition) is 2. The topological polar surface area (TPSA) is 116 Å². The molecule has 0 amide bonds. The fourth-order valence-electron chi connectivity index (χ4n) is 2.58. The zero-order valence-electron chi connectivity index (χ0n) is 16.6. The van der Waals surface area contributed by atoms with E-state index in [-0.39, 0.29) is 24.6 Å². The van der Waals surface area contributed by atoms with Gasteiger partial charge in [0, 0.05) is 11.3 Å². The fourth-order valence-corrected chi connectivity index (χ4v) is 3.46. The van der Waals surface area contributed by atoms with Crippen molar-refractivity contribution in [2.24, 2.45) is 0 Å². The molecule has 152 valence electrons. The van der Waals surface area contributed by atoms with Crippen molar-refractivity contribution < 1.29 is 9.84 Å². The Morgan fingerprint density at radius 3 is 2.53 bits per heavy atom. The number of nitriles is 2. The van der Waals surface area contributed by atoms with E-state index in [4.69, 9.17) is 15.6 Å². The summed E-state index contributed by atoms with van der Waals surface area (Å²) in [6.07, 6.45) is 7.60. The van der Waals surface area contributed by atoms with Crippen LogP contribution in [-0.2, 0) is 0 Å². The predicted octanol–water partition coefficient (Wildman–Crippen LogP) is 4.23. The first-order chi connectivity index (χ1) is 14.5. The summed E-state index contributed by atoms with van der Waals surface area (Å²) in [5.41, 5.74) is 8.45. The minimum Gasteiger partial charge on any atom is -0.491 e. The van der Waals surface area contributed by atoms with Gasteiger partial charge in [-0.05, 0) is 30.2 Å². The third-order valence-electron chi connectivity index (χ3n) is 3.95. The van der Waals surface area contributed by atoms with Gasteiger partial charge in [0.25, 0.3) is 0 Å². The minimum atomic E-state index is -0.0877. The number of ether oxygens (including phenoxy) is 1. The first kappa shape index (κ1) is 22.8. The largest absolute Gasteiger partial charge is 0.491 e. The lowest BCUT2D eigenvalue weighted by atomic mass is 9.97. The Hall–Kier alpha value is -3.52. The smallest absolute Gasteiger partial charge is 0.143 e. The highest BCUT2D eigenvalue weighted by Gasteiger charge is 2.20. The van der Waals surface area contributed by atoms with Gasteiger partial charge < -0.3 is 15.6 Å².